The zero-order valence-corrected chi connectivity index (χ0v) is 25.0. The van der Waals surface area contributed by atoms with E-state index < -0.39 is 23.1 Å². The Morgan fingerprint density at radius 1 is 1.04 bits per heavy atom. The van der Waals surface area contributed by atoms with Crippen molar-refractivity contribution in [1.82, 2.24) is 19.1 Å². The lowest BCUT2D eigenvalue weighted by atomic mass is 9.91. The topological polar surface area (TPSA) is 165 Å². The van der Waals surface area contributed by atoms with Crippen molar-refractivity contribution < 1.29 is 19.8 Å². The van der Waals surface area contributed by atoms with Gasteiger partial charge in [0.25, 0.3) is 11.5 Å². The van der Waals surface area contributed by atoms with E-state index in [1.807, 2.05) is 29.0 Å². The summed E-state index contributed by atoms with van der Waals surface area (Å²) >= 11 is 0. The number of nitrogens with zero attached hydrogens (tertiary/aromatic N) is 4. The standard InChI is InChI=1S/C34H34N6O5/c1-34(2,45)18-39-16-25(29-30(35)36-19-37-31(29)39)20-11-13-22(14-12-20)38-32(43)24-15-23-26(9-6-10-28(23)42)40(33(24)44)27(17-41)21-7-4-3-5-8-21/h3-5,7-8,11-16,19,27,41,45H,6,9-10,17-18H2,1-2H3,(H,38,43)(H2,35,36,37). The highest BCUT2D eigenvalue weighted by Gasteiger charge is 2.29. The number of carbonyl (C=O) groups is 2. The van der Waals surface area contributed by atoms with Gasteiger partial charge >= 0.3 is 0 Å². The van der Waals surface area contributed by atoms with E-state index in [4.69, 9.17) is 5.73 Å². The molecule has 11 heteroatoms. The first-order valence-electron chi connectivity index (χ1n) is 14.8. The number of hydrogen-bond donors (Lipinski definition) is 4. The summed E-state index contributed by atoms with van der Waals surface area (Å²) in [7, 11) is 0. The van der Waals surface area contributed by atoms with Crippen LogP contribution in [0, 0.1) is 0 Å². The Morgan fingerprint density at radius 3 is 2.47 bits per heavy atom. The minimum Gasteiger partial charge on any atom is -0.394 e. The summed E-state index contributed by atoms with van der Waals surface area (Å²) in [6.45, 7) is 3.33. The second-order valence-electron chi connectivity index (χ2n) is 12.0. The second-order valence-corrected chi connectivity index (χ2v) is 12.0. The van der Waals surface area contributed by atoms with Gasteiger partial charge in [0.15, 0.2) is 5.78 Å². The first-order chi connectivity index (χ1) is 21.6. The molecule has 3 aromatic heterocycles. The minimum absolute atomic E-state index is 0.139. The van der Waals surface area contributed by atoms with Gasteiger partial charge in [-0.25, -0.2) is 9.97 Å². The van der Waals surface area contributed by atoms with Gasteiger partial charge in [-0.15, -0.1) is 0 Å². The molecule has 230 valence electrons. The number of Topliss-reactive ketones (excluding diaryl/α,β-unsaturated/α-hetero) is 1. The number of nitrogens with two attached hydrogens (primary N) is 1. The number of ketones is 1. The molecule has 45 heavy (non-hydrogen) atoms. The smallest absolute Gasteiger partial charge is 0.264 e. The summed E-state index contributed by atoms with van der Waals surface area (Å²) in [5.41, 5.74) is 8.62. The summed E-state index contributed by atoms with van der Waals surface area (Å²) in [4.78, 5) is 48.9. The molecule has 0 fully saturated rings. The van der Waals surface area contributed by atoms with Crippen LogP contribution < -0.4 is 16.6 Å². The van der Waals surface area contributed by atoms with E-state index in [1.165, 1.54) is 17.0 Å². The van der Waals surface area contributed by atoms with E-state index in [1.54, 1.807) is 50.2 Å². The average molecular weight is 607 g/mol. The predicted octanol–water partition coefficient (Wildman–Crippen LogP) is 3.97. The van der Waals surface area contributed by atoms with Crippen LogP contribution in [0.1, 0.15) is 64.7 Å². The van der Waals surface area contributed by atoms with Gasteiger partial charge in [-0.05, 0) is 56.0 Å². The molecule has 1 aliphatic rings. The minimum atomic E-state index is -0.991. The number of nitrogen functional groups attached to an aromatic ring is 1. The average Bonchev–Trinajstić information content (AvgIpc) is 3.37. The number of aromatic nitrogens is 4. The molecular formula is C34H34N6O5. The Bertz CT molecular complexity index is 1970. The molecule has 5 N–H and O–H groups in total. The molecule has 3 heterocycles. The van der Waals surface area contributed by atoms with Crippen molar-refractivity contribution in [2.75, 3.05) is 17.7 Å². The first kappa shape index (κ1) is 29.9. The zero-order valence-electron chi connectivity index (χ0n) is 25.0. The number of hydrogen-bond acceptors (Lipinski definition) is 8. The maximum Gasteiger partial charge on any atom is 0.264 e. The number of benzene rings is 2. The Labute approximate surface area is 259 Å². The van der Waals surface area contributed by atoms with E-state index in [9.17, 15) is 24.6 Å². The quantitative estimate of drug-likeness (QED) is 0.206. The molecule has 5 aromatic rings. The van der Waals surface area contributed by atoms with Gasteiger partial charge in [-0.1, -0.05) is 42.5 Å². The molecule has 1 unspecified atom stereocenters. The fourth-order valence-corrected chi connectivity index (χ4v) is 6.06. The maximum atomic E-state index is 13.9. The van der Waals surface area contributed by atoms with Gasteiger partial charge in [0.2, 0.25) is 0 Å². The number of aliphatic hydroxyl groups excluding tert-OH is 1. The van der Waals surface area contributed by atoms with Crippen molar-refractivity contribution in [3.8, 4) is 11.1 Å². The number of rotatable bonds is 8. The van der Waals surface area contributed by atoms with Crippen LogP contribution in [-0.2, 0) is 13.0 Å². The summed E-state index contributed by atoms with van der Waals surface area (Å²) in [6.07, 6.45) is 4.64. The van der Waals surface area contributed by atoms with Crippen LogP contribution in [-0.4, -0.2) is 53.2 Å². The highest BCUT2D eigenvalue weighted by atomic mass is 16.3. The first-order valence-corrected chi connectivity index (χ1v) is 14.8. The highest BCUT2D eigenvalue weighted by molar-refractivity contribution is 6.07. The molecular weight excluding hydrogens is 572 g/mol. The molecule has 0 saturated carbocycles. The summed E-state index contributed by atoms with van der Waals surface area (Å²) < 4.78 is 3.24. The third-order valence-electron chi connectivity index (χ3n) is 8.06. The lowest BCUT2D eigenvalue weighted by molar-refractivity contribution is 0.0627. The van der Waals surface area contributed by atoms with Gasteiger partial charge in [0.05, 0.1) is 30.2 Å². The molecule has 1 aliphatic carbocycles. The molecule has 0 spiro atoms. The van der Waals surface area contributed by atoms with Crippen LogP contribution in [0.5, 0.6) is 0 Å². The van der Waals surface area contributed by atoms with E-state index in [0.29, 0.717) is 58.6 Å². The Hall–Kier alpha value is -5.13. The van der Waals surface area contributed by atoms with Crippen molar-refractivity contribution in [2.45, 2.75) is 51.3 Å². The highest BCUT2D eigenvalue weighted by Crippen LogP contribution is 2.34. The normalized spacial score (nSPS) is 13.9. The molecule has 0 radical (unpaired) electrons. The fourth-order valence-electron chi connectivity index (χ4n) is 6.06. The monoisotopic (exact) mass is 606 g/mol. The zero-order chi connectivity index (χ0) is 31.9. The molecule has 0 saturated heterocycles. The van der Waals surface area contributed by atoms with E-state index >= 15 is 0 Å². The molecule has 0 aliphatic heterocycles. The summed E-state index contributed by atoms with van der Waals surface area (Å²) in [5.74, 6) is -0.496. The number of carbonyl (C=O) groups excluding carboxylic acids is 2. The van der Waals surface area contributed by atoms with Gasteiger partial charge in [-0.2, -0.15) is 0 Å². The van der Waals surface area contributed by atoms with Crippen LogP contribution >= 0.6 is 0 Å². The molecule has 1 atom stereocenters. The predicted molar refractivity (Wildman–Crippen MR) is 171 cm³/mol. The lowest BCUT2D eigenvalue weighted by Crippen LogP contribution is -2.38. The number of amides is 1. The number of anilines is 2. The van der Waals surface area contributed by atoms with Crippen molar-refractivity contribution in [3.63, 3.8) is 0 Å². The van der Waals surface area contributed by atoms with Crippen LogP contribution in [0.4, 0.5) is 11.5 Å². The number of aliphatic hydroxyl groups is 2. The van der Waals surface area contributed by atoms with Crippen LogP contribution in [0.15, 0.2) is 78.0 Å². The third-order valence-corrected chi connectivity index (χ3v) is 8.06. The van der Waals surface area contributed by atoms with Crippen molar-refractivity contribution in [1.29, 1.82) is 0 Å². The van der Waals surface area contributed by atoms with E-state index in [2.05, 4.69) is 15.3 Å². The Morgan fingerprint density at radius 2 is 1.78 bits per heavy atom. The third kappa shape index (κ3) is 5.75. The van der Waals surface area contributed by atoms with E-state index in [0.717, 1.165) is 11.1 Å². The van der Waals surface area contributed by atoms with Crippen LogP contribution in [0.3, 0.4) is 0 Å². The molecule has 6 rings (SSSR count). The summed E-state index contributed by atoms with van der Waals surface area (Å²) in [5, 5.41) is 24.2. The largest absolute Gasteiger partial charge is 0.394 e. The molecule has 11 nitrogen and oxygen atoms in total. The van der Waals surface area contributed by atoms with Gasteiger partial charge < -0.3 is 30.4 Å². The Balaban J connectivity index is 1.35. The Kier molecular flexibility index (Phi) is 7.81. The maximum absolute atomic E-state index is 13.9. The number of fused-ring (bicyclic) bond motifs is 2. The van der Waals surface area contributed by atoms with Crippen molar-refractivity contribution in [2.24, 2.45) is 0 Å². The van der Waals surface area contributed by atoms with Gasteiger partial charge in [0, 0.05) is 35.1 Å². The fraction of sp³-hybridized carbons (Fsp3) is 0.265. The van der Waals surface area contributed by atoms with E-state index in [-0.39, 0.29) is 24.5 Å². The lowest BCUT2D eigenvalue weighted by Gasteiger charge is -2.27. The number of pyridine rings is 1. The summed E-state index contributed by atoms with van der Waals surface area (Å²) in [6, 6.07) is 16.7. The molecule has 2 aromatic carbocycles. The van der Waals surface area contributed by atoms with Gasteiger partial charge in [0.1, 0.15) is 23.4 Å². The number of nitrogens with one attached hydrogen (secondary N) is 1. The van der Waals surface area contributed by atoms with Crippen LogP contribution in [0.2, 0.25) is 0 Å². The molecule has 0 bridgehead atoms. The SMILES string of the molecule is CC(C)(O)Cn1cc(-c2ccc(NC(=O)c3cc4c(n(C(CO)c5ccccc5)c3=O)CCCC4=O)cc2)c2c(N)ncnc21. The van der Waals surface area contributed by atoms with Crippen molar-refractivity contribution in [3.05, 3.63) is 106 Å². The second kappa shape index (κ2) is 11.8. The van der Waals surface area contributed by atoms with Gasteiger partial charge in [-0.3, -0.25) is 14.4 Å². The van der Waals surface area contributed by atoms with Crippen LogP contribution in [0.25, 0.3) is 22.2 Å². The molecule has 1 amide bonds. The van der Waals surface area contributed by atoms with Crippen molar-refractivity contribution >= 4 is 34.2 Å².